The van der Waals surface area contributed by atoms with Gasteiger partial charge in [0.2, 0.25) is 5.95 Å². The monoisotopic (exact) mass is 508 g/mol. The van der Waals surface area contributed by atoms with Gasteiger partial charge in [-0.2, -0.15) is 9.61 Å². The third kappa shape index (κ3) is 5.04. The van der Waals surface area contributed by atoms with Crippen molar-refractivity contribution in [3.63, 3.8) is 0 Å². The number of hydrogen-bond acceptors (Lipinski definition) is 7. The van der Waals surface area contributed by atoms with E-state index in [0.717, 1.165) is 17.7 Å². The topological polar surface area (TPSA) is 111 Å². The fourth-order valence-corrected chi connectivity index (χ4v) is 5.09. The first kappa shape index (κ1) is 25.2. The van der Waals surface area contributed by atoms with Crippen LogP contribution in [0.25, 0.3) is 16.8 Å². The van der Waals surface area contributed by atoms with Crippen LogP contribution in [-0.4, -0.2) is 43.4 Å². The van der Waals surface area contributed by atoms with Gasteiger partial charge in [0, 0.05) is 18.8 Å². The normalized spacial score (nSPS) is 21.9. The fourth-order valence-electron chi connectivity index (χ4n) is 5.09. The minimum atomic E-state index is -0.712. The lowest BCUT2D eigenvalue weighted by molar-refractivity contribution is 0.0521. The number of imidazole rings is 1. The van der Waals surface area contributed by atoms with Gasteiger partial charge in [0.25, 0.3) is 0 Å². The van der Waals surface area contributed by atoms with Gasteiger partial charge in [-0.1, -0.05) is 6.92 Å². The van der Waals surface area contributed by atoms with Gasteiger partial charge in [0.05, 0.1) is 47.6 Å². The zero-order valence-electron chi connectivity index (χ0n) is 20.7. The highest BCUT2D eigenvalue weighted by atomic mass is 19.1. The van der Waals surface area contributed by atoms with Crippen LogP contribution in [0.15, 0.2) is 48.9 Å². The van der Waals surface area contributed by atoms with Crippen molar-refractivity contribution in [2.75, 3.05) is 11.9 Å². The molecule has 4 atom stereocenters. The molecular weight excluding hydrogens is 478 g/mol. The van der Waals surface area contributed by atoms with E-state index in [1.54, 1.807) is 30.7 Å². The number of nitrogens with two attached hydrogens (primary N) is 1. The maximum absolute atomic E-state index is 14.9. The molecule has 0 bridgehead atoms. The lowest BCUT2D eigenvalue weighted by Gasteiger charge is -2.36. The molecular formula is C27H30F2N6O2. The number of rotatable bonds is 7. The number of ether oxygens (including phenoxy) is 1. The summed E-state index contributed by atoms with van der Waals surface area (Å²) < 4.78 is 36.7. The summed E-state index contributed by atoms with van der Waals surface area (Å²) in [6.07, 6.45) is 5.97. The number of benzene rings is 1. The Morgan fingerprint density at radius 2 is 1.95 bits per heavy atom. The molecule has 4 aromatic rings. The molecule has 0 saturated heterocycles. The minimum absolute atomic E-state index is 0.0657. The smallest absolute Gasteiger partial charge is 0.229 e. The summed E-state index contributed by atoms with van der Waals surface area (Å²) >= 11 is 0. The highest BCUT2D eigenvalue weighted by Gasteiger charge is 2.34. The Balaban J connectivity index is 1.47. The van der Waals surface area contributed by atoms with Gasteiger partial charge in [-0.15, -0.1) is 0 Å². The van der Waals surface area contributed by atoms with Crippen LogP contribution in [0.3, 0.4) is 0 Å². The number of fused-ring (bicyclic) bond motifs is 1. The Morgan fingerprint density at radius 3 is 2.68 bits per heavy atom. The molecule has 0 aliphatic heterocycles. The molecule has 1 aliphatic carbocycles. The van der Waals surface area contributed by atoms with Gasteiger partial charge in [0.15, 0.2) is 0 Å². The molecule has 1 saturated carbocycles. The van der Waals surface area contributed by atoms with E-state index in [0.29, 0.717) is 30.1 Å². The van der Waals surface area contributed by atoms with E-state index in [1.165, 1.54) is 16.6 Å². The first-order valence-electron chi connectivity index (χ1n) is 12.4. The zero-order valence-corrected chi connectivity index (χ0v) is 20.7. The number of halogens is 2. The summed E-state index contributed by atoms with van der Waals surface area (Å²) in [7, 11) is 0. The number of aliphatic hydroxyl groups is 1. The largest absolute Gasteiger partial charge is 0.391 e. The van der Waals surface area contributed by atoms with Gasteiger partial charge in [-0.25, -0.2) is 13.8 Å². The van der Waals surface area contributed by atoms with Crippen LogP contribution >= 0.6 is 0 Å². The van der Waals surface area contributed by atoms with Crippen LogP contribution in [0.1, 0.15) is 43.7 Å². The SMILES string of the molecule is CCOCc1cc(F)c(-c2ccc3cnc(Nc4cnccc4C4C[C@@H](N)[C@@H](O)[C@@H](C)C4)n3n2)c(F)c1. The van der Waals surface area contributed by atoms with E-state index in [4.69, 9.17) is 10.5 Å². The third-order valence-electron chi connectivity index (χ3n) is 6.99. The lowest BCUT2D eigenvalue weighted by atomic mass is 9.74. The molecule has 5 rings (SSSR count). The van der Waals surface area contributed by atoms with Crippen molar-refractivity contribution in [3.05, 3.63) is 71.7 Å². The molecule has 0 radical (unpaired) electrons. The lowest BCUT2D eigenvalue weighted by Crippen LogP contribution is -2.44. The van der Waals surface area contributed by atoms with E-state index < -0.39 is 17.7 Å². The maximum Gasteiger partial charge on any atom is 0.229 e. The predicted octanol–water partition coefficient (Wildman–Crippen LogP) is 4.55. The van der Waals surface area contributed by atoms with Gasteiger partial charge in [-0.05, 0) is 73.1 Å². The molecule has 4 N–H and O–H groups in total. The third-order valence-corrected chi connectivity index (χ3v) is 6.99. The maximum atomic E-state index is 14.9. The minimum Gasteiger partial charge on any atom is -0.391 e. The first-order chi connectivity index (χ1) is 17.9. The van der Waals surface area contributed by atoms with Crippen molar-refractivity contribution < 1.29 is 18.6 Å². The number of nitrogens with zero attached hydrogens (tertiary/aromatic N) is 4. The quantitative estimate of drug-likeness (QED) is 0.336. The number of pyridine rings is 1. The second kappa shape index (κ2) is 10.5. The first-order valence-corrected chi connectivity index (χ1v) is 12.4. The van der Waals surface area contributed by atoms with E-state index in [9.17, 15) is 13.9 Å². The number of aromatic nitrogens is 4. The molecule has 10 heteroatoms. The van der Waals surface area contributed by atoms with Gasteiger partial charge < -0.3 is 20.9 Å². The van der Waals surface area contributed by atoms with Crippen molar-refractivity contribution >= 4 is 17.2 Å². The van der Waals surface area contributed by atoms with Crippen LogP contribution in [0, 0.1) is 17.6 Å². The highest BCUT2D eigenvalue weighted by Crippen LogP contribution is 2.39. The van der Waals surface area contributed by atoms with Crippen molar-refractivity contribution in [1.29, 1.82) is 0 Å². The Labute approximate surface area is 213 Å². The second-order valence-electron chi connectivity index (χ2n) is 9.60. The predicted molar refractivity (Wildman–Crippen MR) is 136 cm³/mol. The average molecular weight is 509 g/mol. The number of hydrogen-bond donors (Lipinski definition) is 3. The van der Waals surface area contributed by atoms with E-state index in [2.05, 4.69) is 20.4 Å². The Bertz CT molecular complexity index is 1380. The summed E-state index contributed by atoms with van der Waals surface area (Å²) in [4.78, 5) is 8.70. The van der Waals surface area contributed by atoms with Crippen LogP contribution in [-0.2, 0) is 11.3 Å². The van der Waals surface area contributed by atoms with Crippen molar-refractivity contribution in [2.24, 2.45) is 11.7 Å². The molecule has 0 amide bonds. The molecule has 1 fully saturated rings. The Kier molecular flexibility index (Phi) is 7.14. The summed E-state index contributed by atoms with van der Waals surface area (Å²) in [5.74, 6) is -0.845. The zero-order chi connectivity index (χ0) is 26.1. The van der Waals surface area contributed by atoms with Crippen LogP contribution < -0.4 is 11.1 Å². The summed E-state index contributed by atoms with van der Waals surface area (Å²) in [6.45, 7) is 4.40. The Hall–Kier alpha value is -3.47. The molecule has 0 spiro atoms. The van der Waals surface area contributed by atoms with E-state index in [1.807, 2.05) is 19.9 Å². The standard InChI is InChI=1S/C27H30F2N6O2/c1-3-37-14-16-9-20(28)25(21(29)10-16)23-5-4-18-12-32-27(35(18)34-23)33-24-13-31-7-6-19(24)17-8-15(2)26(36)22(30)11-17/h4-7,9-10,12-13,15,17,22,26,36H,3,8,11,14,30H2,1-2H3,(H,32,33)/t15-,17?,22+,26-/m0/s1. The average Bonchev–Trinajstić information content (AvgIpc) is 3.27. The fraction of sp³-hybridized carbons (Fsp3) is 0.370. The molecule has 1 unspecified atom stereocenters. The number of aliphatic hydroxyl groups excluding tert-OH is 1. The highest BCUT2D eigenvalue weighted by molar-refractivity contribution is 5.66. The molecule has 1 aromatic carbocycles. The molecule has 8 nitrogen and oxygen atoms in total. The molecule has 3 heterocycles. The summed E-state index contributed by atoms with van der Waals surface area (Å²) in [6, 6.07) is 7.43. The molecule has 1 aliphatic rings. The van der Waals surface area contributed by atoms with Gasteiger partial charge in [0.1, 0.15) is 11.6 Å². The van der Waals surface area contributed by atoms with Crippen molar-refractivity contribution in [3.8, 4) is 11.3 Å². The van der Waals surface area contributed by atoms with Crippen LogP contribution in [0.2, 0.25) is 0 Å². The molecule has 194 valence electrons. The van der Waals surface area contributed by atoms with Crippen molar-refractivity contribution in [1.82, 2.24) is 19.6 Å². The van der Waals surface area contributed by atoms with E-state index in [-0.39, 0.29) is 35.7 Å². The number of nitrogens with one attached hydrogen (secondary N) is 1. The molecule has 3 aromatic heterocycles. The Morgan fingerprint density at radius 1 is 1.16 bits per heavy atom. The van der Waals surface area contributed by atoms with Crippen LogP contribution in [0.4, 0.5) is 20.4 Å². The second-order valence-corrected chi connectivity index (χ2v) is 9.60. The summed E-state index contributed by atoms with van der Waals surface area (Å²) in [5, 5.41) is 18.1. The molecule has 37 heavy (non-hydrogen) atoms. The van der Waals surface area contributed by atoms with E-state index >= 15 is 0 Å². The van der Waals surface area contributed by atoms with Gasteiger partial charge >= 0.3 is 0 Å². The van der Waals surface area contributed by atoms with Crippen molar-refractivity contribution in [2.45, 2.75) is 51.4 Å². The number of anilines is 2. The van der Waals surface area contributed by atoms with Gasteiger partial charge in [-0.3, -0.25) is 4.98 Å². The summed E-state index contributed by atoms with van der Waals surface area (Å²) in [5.41, 5.74) is 8.95. The van der Waals surface area contributed by atoms with Crippen LogP contribution in [0.5, 0.6) is 0 Å².